The van der Waals surface area contributed by atoms with Crippen LogP contribution in [0.15, 0.2) is 60.7 Å². The van der Waals surface area contributed by atoms with Crippen molar-refractivity contribution >= 4 is 17.4 Å². The number of benzene rings is 3. The average Bonchev–Trinajstić information content (AvgIpc) is 2.70. The Hall–Kier alpha value is -3.58. The summed E-state index contributed by atoms with van der Waals surface area (Å²) in [4.78, 5) is 10.9. The lowest BCUT2D eigenvalue weighted by atomic mass is 9.96. The Balaban J connectivity index is 1.95. The molecule has 0 bridgehead atoms. The summed E-state index contributed by atoms with van der Waals surface area (Å²) in [6.07, 6.45) is 0.359. The number of methoxy groups -OCH3 is 1. The maximum atomic E-state index is 15.3. The topological polar surface area (TPSA) is 96.6 Å². The van der Waals surface area contributed by atoms with Crippen LogP contribution in [0.1, 0.15) is 11.1 Å². The van der Waals surface area contributed by atoms with Crippen LogP contribution >= 0.6 is 0 Å². The molecule has 0 spiro atoms. The fourth-order valence-corrected chi connectivity index (χ4v) is 2.99. The van der Waals surface area contributed by atoms with Crippen molar-refractivity contribution in [1.29, 1.82) is 0 Å². The van der Waals surface area contributed by atoms with E-state index in [0.717, 1.165) is 5.56 Å². The van der Waals surface area contributed by atoms with Gasteiger partial charge < -0.3 is 15.8 Å². The van der Waals surface area contributed by atoms with Gasteiger partial charge in [-0.3, -0.25) is 10.7 Å². The van der Waals surface area contributed by atoms with Gasteiger partial charge in [0, 0.05) is 12.1 Å². The molecule has 0 radical (unpaired) electrons. The third-order valence-corrected chi connectivity index (χ3v) is 4.30. The Morgan fingerprint density at radius 1 is 1.11 bits per heavy atom. The largest absolute Gasteiger partial charge is 0.496 e. The van der Waals surface area contributed by atoms with Gasteiger partial charge in [0.25, 0.3) is 0 Å². The molecule has 0 saturated heterocycles. The molecule has 0 aliphatic carbocycles. The molecule has 0 aliphatic rings. The summed E-state index contributed by atoms with van der Waals surface area (Å²) in [6.45, 7) is 0. The predicted octanol–water partition coefficient (Wildman–Crippen LogP) is 4.38. The first-order valence-corrected chi connectivity index (χ1v) is 8.53. The number of anilines is 2. The zero-order valence-electron chi connectivity index (χ0n) is 15.2. The molecule has 0 unspecified atom stereocenters. The van der Waals surface area contributed by atoms with Crippen molar-refractivity contribution in [2.75, 3.05) is 17.9 Å². The third-order valence-electron chi connectivity index (χ3n) is 4.30. The van der Waals surface area contributed by atoms with Crippen molar-refractivity contribution in [2.45, 2.75) is 6.42 Å². The lowest BCUT2D eigenvalue weighted by molar-refractivity contribution is 0.259. The highest BCUT2D eigenvalue weighted by atomic mass is 19.1. The number of primary amides is 1. The van der Waals surface area contributed by atoms with Crippen LogP contribution in [-0.4, -0.2) is 18.3 Å². The van der Waals surface area contributed by atoms with E-state index in [1.54, 1.807) is 60.7 Å². The van der Waals surface area contributed by atoms with Gasteiger partial charge in [-0.1, -0.05) is 30.3 Å². The van der Waals surface area contributed by atoms with Gasteiger partial charge in [-0.25, -0.2) is 9.18 Å². The molecule has 0 atom stereocenters. The summed E-state index contributed by atoms with van der Waals surface area (Å²) in [5, 5.41) is 11.6. The number of amides is 2. The van der Waals surface area contributed by atoms with Crippen LogP contribution < -0.4 is 21.3 Å². The zero-order chi connectivity index (χ0) is 20.1. The number of rotatable bonds is 6. The molecule has 28 heavy (non-hydrogen) atoms. The molecule has 3 rings (SSSR count). The van der Waals surface area contributed by atoms with Gasteiger partial charge in [-0.05, 0) is 47.0 Å². The van der Waals surface area contributed by atoms with E-state index in [4.69, 9.17) is 15.7 Å². The van der Waals surface area contributed by atoms with E-state index in [1.807, 2.05) is 0 Å². The van der Waals surface area contributed by atoms with Gasteiger partial charge in [-0.15, -0.1) is 0 Å². The first-order valence-electron chi connectivity index (χ1n) is 8.53. The van der Waals surface area contributed by atoms with Gasteiger partial charge in [0.2, 0.25) is 0 Å². The van der Waals surface area contributed by atoms with Gasteiger partial charge in [0.1, 0.15) is 11.6 Å². The second-order valence-electron chi connectivity index (χ2n) is 6.17. The normalized spacial score (nSPS) is 10.4. The lowest BCUT2D eigenvalue weighted by Gasteiger charge is -2.14. The number of hydrogen-bond acceptors (Lipinski definition) is 4. The number of carbonyl (C=O) groups is 1. The summed E-state index contributed by atoms with van der Waals surface area (Å²) in [6, 6.07) is 16.5. The molecule has 0 fully saturated rings. The number of carbonyl (C=O) groups excluding carboxylic acids is 1. The van der Waals surface area contributed by atoms with Gasteiger partial charge in [0.05, 0.1) is 18.4 Å². The highest BCUT2D eigenvalue weighted by Gasteiger charge is 2.17. The van der Waals surface area contributed by atoms with Crippen LogP contribution in [-0.2, 0) is 6.42 Å². The van der Waals surface area contributed by atoms with E-state index >= 15 is 4.39 Å². The standard InChI is InChI=1S/C21H20FN3O3/c1-28-18-10-7-15(11-13-5-8-16(9-6-13)24-21(23)26)20(22)19(18)14-3-2-4-17(12-14)25-27/h2-10,12,25,27H,11H2,1H3,(H3,23,24,26). The number of urea groups is 1. The summed E-state index contributed by atoms with van der Waals surface area (Å²) in [5.74, 6) is 0.00567. The van der Waals surface area contributed by atoms with Crippen LogP contribution in [0.5, 0.6) is 5.75 Å². The van der Waals surface area contributed by atoms with Crippen molar-refractivity contribution in [3.05, 3.63) is 77.6 Å². The minimum Gasteiger partial charge on any atom is -0.496 e. The van der Waals surface area contributed by atoms with Crippen LogP contribution in [0, 0.1) is 5.82 Å². The molecule has 2 amide bonds. The Morgan fingerprint density at radius 2 is 1.86 bits per heavy atom. The van der Waals surface area contributed by atoms with E-state index < -0.39 is 11.8 Å². The maximum absolute atomic E-state index is 15.3. The van der Waals surface area contributed by atoms with Crippen LogP contribution in [0.25, 0.3) is 11.1 Å². The summed E-state index contributed by atoms with van der Waals surface area (Å²) >= 11 is 0. The van der Waals surface area contributed by atoms with Crippen molar-refractivity contribution in [3.8, 4) is 16.9 Å². The van der Waals surface area contributed by atoms with Crippen LogP contribution in [0.4, 0.5) is 20.6 Å². The van der Waals surface area contributed by atoms with Crippen molar-refractivity contribution in [3.63, 3.8) is 0 Å². The molecule has 6 nitrogen and oxygen atoms in total. The molecule has 0 aliphatic heterocycles. The molecular formula is C21H20FN3O3. The van der Waals surface area contributed by atoms with E-state index in [-0.39, 0.29) is 0 Å². The molecule has 3 aromatic rings. The van der Waals surface area contributed by atoms with Gasteiger partial charge >= 0.3 is 6.03 Å². The molecule has 0 heterocycles. The fraction of sp³-hybridized carbons (Fsp3) is 0.0952. The second kappa shape index (κ2) is 8.41. The number of ether oxygens (including phenoxy) is 1. The van der Waals surface area contributed by atoms with E-state index in [9.17, 15) is 4.79 Å². The Labute approximate surface area is 161 Å². The third kappa shape index (κ3) is 4.21. The van der Waals surface area contributed by atoms with E-state index in [0.29, 0.717) is 40.2 Å². The molecule has 0 saturated carbocycles. The van der Waals surface area contributed by atoms with Crippen molar-refractivity contribution in [1.82, 2.24) is 0 Å². The Kier molecular flexibility index (Phi) is 5.76. The first-order chi connectivity index (χ1) is 13.5. The zero-order valence-corrected chi connectivity index (χ0v) is 15.2. The molecular weight excluding hydrogens is 361 g/mol. The first kappa shape index (κ1) is 19.2. The fourth-order valence-electron chi connectivity index (χ4n) is 2.99. The van der Waals surface area contributed by atoms with Crippen molar-refractivity contribution in [2.24, 2.45) is 5.73 Å². The minimum atomic E-state index is -0.641. The highest BCUT2D eigenvalue weighted by molar-refractivity contribution is 5.87. The summed E-state index contributed by atoms with van der Waals surface area (Å²) in [7, 11) is 1.48. The molecule has 144 valence electrons. The maximum Gasteiger partial charge on any atom is 0.316 e. The molecule has 7 heteroatoms. The molecule has 3 aromatic carbocycles. The molecule has 5 N–H and O–H groups in total. The number of nitrogens with one attached hydrogen (secondary N) is 2. The highest BCUT2D eigenvalue weighted by Crippen LogP contribution is 2.36. The lowest BCUT2D eigenvalue weighted by Crippen LogP contribution is -2.19. The van der Waals surface area contributed by atoms with Crippen molar-refractivity contribution < 1.29 is 19.1 Å². The summed E-state index contributed by atoms with van der Waals surface area (Å²) < 4.78 is 20.7. The van der Waals surface area contributed by atoms with E-state index in [2.05, 4.69) is 10.8 Å². The van der Waals surface area contributed by atoms with Gasteiger partial charge in [-0.2, -0.15) is 0 Å². The predicted molar refractivity (Wildman–Crippen MR) is 106 cm³/mol. The van der Waals surface area contributed by atoms with E-state index in [1.165, 1.54) is 7.11 Å². The number of nitrogens with two attached hydrogens (primary N) is 1. The quantitative estimate of drug-likeness (QED) is 0.476. The molecule has 0 aromatic heterocycles. The van der Waals surface area contributed by atoms with Crippen LogP contribution in [0.2, 0.25) is 0 Å². The van der Waals surface area contributed by atoms with Crippen LogP contribution in [0.3, 0.4) is 0 Å². The number of halogens is 1. The SMILES string of the molecule is COc1ccc(Cc2ccc(NC(N)=O)cc2)c(F)c1-c1cccc(NO)c1. The average molecular weight is 381 g/mol. The monoisotopic (exact) mass is 381 g/mol. The minimum absolute atomic E-state index is 0.323. The Morgan fingerprint density at radius 3 is 2.50 bits per heavy atom. The Bertz CT molecular complexity index is 991. The van der Waals surface area contributed by atoms with Gasteiger partial charge in [0.15, 0.2) is 0 Å². The summed E-state index contributed by atoms with van der Waals surface area (Å²) in [5.41, 5.74) is 10.4. The smallest absolute Gasteiger partial charge is 0.316 e. The second-order valence-corrected chi connectivity index (χ2v) is 6.17. The number of hydrogen-bond donors (Lipinski definition) is 4.